The van der Waals surface area contributed by atoms with Crippen LogP contribution in [0.15, 0.2) is 28.7 Å². The van der Waals surface area contributed by atoms with Crippen molar-refractivity contribution in [3.8, 4) is 11.5 Å². The van der Waals surface area contributed by atoms with E-state index in [4.69, 9.17) is 16.6 Å². The standard InChI is InChI=1S/C10H10N2OS/c1-2-7-3-5-8(6-4-7)9-11-12-10(14)13-9/h3-6H,2H2,1H3,(H,12,14). The molecule has 2 aromatic rings. The third kappa shape index (κ3) is 1.75. The zero-order valence-corrected chi connectivity index (χ0v) is 8.60. The molecule has 0 unspecified atom stereocenters. The topological polar surface area (TPSA) is 41.8 Å². The molecular weight excluding hydrogens is 196 g/mol. The van der Waals surface area contributed by atoms with Gasteiger partial charge in [0.2, 0.25) is 5.89 Å². The van der Waals surface area contributed by atoms with Gasteiger partial charge in [0.15, 0.2) is 0 Å². The first kappa shape index (κ1) is 9.15. The van der Waals surface area contributed by atoms with Gasteiger partial charge in [0.25, 0.3) is 4.84 Å². The maximum absolute atomic E-state index is 5.19. The number of benzene rings is 1. The van der Waals surface area contributed by atoms with Gasteiger partial charge in [0.05, 0.1) is 0 Å². The maximum Gasteiger partial charge on any atom is 0.284 e. The van der Waals surface area contributed by atoms with Crippen molar-refractivity contribution < 1.29 is 4.42 Å². The SMILES string of the molecule is CCc1ccc(-c2n[nH]c(=S)o2)cc1. The Morgan fingerprint density at radius 3 is 2.57 bits per heavy atom. The molecule has 0 atom stereocenters. The second-order valence-corrected chi connectivity index (χ2v) is 3.34. The van der Waals surface area contributed by atoms with E-state index in [0.29, 0.717) is 10.7 Å². The van der Waals surface area contributed by atoms with Gasteiger partial charge in [-0.05, 0) is 36.3 Å². The van der Waals surface area contributed by atoms with Gasteiger partial charge in [-0.15, -0.1) is 5.10 Å². The van der Waals surface area contributed by atoms with Crippen molar-refractivity contribution in [2.75, 3.05) is 0 Å². The van der Waals surface area contributed by atoms with Crippen molar-refractivity contribution in [3.63, 3.8) is 0 Å². The smallest absolute Gasteiger partial charge is 0.284 e. The molecule has 1 aromatic heterocycles. The lowest BCUT2D eigenvalue weighted by atomic mass is 10.1. The lowest BCUT2D eigenvalue weighted by Crippen LogP contribution is -1.81. The predicted molar refractivity (Wildman–Crippen MR) is 56.5 cm³/mol. The van der Waals surface area contributed by atoms with Gasteiger partial charge in [0, 0.05) is 5.56 Å². The molecule has 72 valence electrons. The van der Waals surface area contributed by atoms with Gasteiger partial charge in [0.1, 0.15) is 0 Å². The number of rotatable bonds is 2. The van der Waals surface area contributed by atoms with Crippen LogP contribution in [0.5, 0.6) is 0 Å². The van der Waals surface area contributed by atoms with Crippen LogP contribution < -0.4 is 0 Å². The number of hydrogen-bond acceptors (Lipinski definition) is 3. The fraction of sp³-hybridized carbons (Fsp3) is 0.200. The first-order chi connectivity index (χ1) is 6.79. The normalized spacial score (nSPS) is 10.4. The van der Waals surface area contributed by atoms with Crippen LogP contribution in [0.1, 0.15) is 12.5 Å². The maximum atomic E-state index is 5.19. The Kier molecular flexibility index (Phi) is 2.45. The average molecular weight is 206 g/mol. The summed E-state index contributed by atoms with van der Waals surface area (Å²) in [6, 6.07) is 8.08. The summed E-state index contributed by atoms with van der Waals surface area (Å²) in [5.74, 6) is 0.539. The zero-order chi connectivity index (χ0) is 9.97. The molecule has 0 amide bonds. The number of hydrogen-bond donors (Lipinski definition) is 1. The minimum atomic E-state index is 0.305. The molecule has 0 fully saturated rings. The molecule has 0 aliphatic carbocycles. The molecule has 0 saturated carbocycles. The molecule has 0 radical (unpaired) electrons. The lowest BCUT2D eigenvalue weighted by molar-refractivity contribution is 0.552. The summed E-state index contributed by atoms with van der Waals surface area (Å²) in [6.07, 6.45) is 1.03. The molecule has 2 rings (SSSR count). The highest BCUT2D eigenvalue weighted by atomic mass is 32.1. The first-order valence-corrected chi connectivity index (χ1v) is 4.85. The Morgan fingerprint density at radius 1 is 1.36 bits per heavy atom. The van der Waals surface area contributed by atoms with Crippen LogP contribution >= 0.6 is 12.2 Å². The van der Waals surface area contributed by atoms with Crippen LogP contribution in [-0.2, 0) is 6.42 Å². The molecule has 0 saturated heterocycles. The van der Waals surface area contributed by atoms with Crippen molar-refractivity contribution in [1.29, 1.82) is 0 Å². The first-order valence-electron chi connectivity index (χ1n) is 4.44. The van der Waals surface area contributed by atoms with Gasteiger partial charge in [-0.25, -0.2) is 5.10 Å². The number of aryl methyl sites for hydroxylation is 1. The molecule has 14 heavy (non-hydrogen) atoms. The summed E-state index contributed by atoms with van der Waals surface area (Å²) in [4.78, 5) is 0.305. The minimum absolute atomic E-state index is 0.305. The zero-order valence-electron chi connectivity index (χ0n) is 7.78. The lowest BCUT2D eigenvalue weighted by Gasteiger charge is -1.96. The number of aromatic amines is 1. The molecule has 0 aliphatic rings. The molecular formula is C10H10N2OS. The fourth-order valence-electron chi connectivity index (χ4n) is 1.24. The highest BCUT2D eigenvalue weighted by Crippen LogP contribution is 2.17. The van der Waals surface area contributed by atoms with Gasteiger partial charge >= 0.3 is 0 Å². The van der Waals surface area contributed by atoms with Crippen LogP contribution in [0, 0.1) is 4.84 Å². The molecule has 3 nitrogen and oxygen atoms in total. The van der Waals surface area contributed by atoms with Crippen LogP contribution in [0.3, 0.4) is 0 Å². The average Bonchev–Trinajstić information content (AvgIpc) is 2.65. The van der Waals surface area contributed by atoms with E-state index in [9.17, 15) is 0 Å². The molecule has 1 aromatic carbocycles. The van der Waals surface area contributed by atoms with Crippen LogP contribution in [0.4, 0.5) is 0 Å². The Bertz CT molecular complexity index is 469. The highest BCUT2D eigenvalue weighted by Gasteiger charge is 2.02. The number of nitrogens with zero attached hydrogens (tertiary/aromatic N) is 1. The Morgan fingerprint density at radius 2 is 2.07 bits per heavy atom. The van der Waals surface area contributed by atoms with E-state index in [1.807, 2.05) is 12.1 Å². The van der Waals surface area contributed by atoms with Gasteiger partial charge in [-0.2, -0.15) is 0 Å². The summed E-state index contributed by atoms with van der Waals surface area (Å²) in [7, 11) is 0. The third-order valence-corrected chi connectivity index (χ3v) is 2.22. The monoisotopic (exact) mass is 206 g/mol. The van der Waals surface area contributed by atoms with Crippen molar-refractivity contribution in [2.45, 2.75) is 13.3 Å². The predicted octanol–water partition coefficient (Wildman–Crippen LogP) is 2.96. The van der Waals surface area contributed by atoms with E-state index >= 15 is 0 Å². The molecule has 4 heteroatoms. The summed E-state index contributed by atoms with van der Waals surface area (Å²) < 4.78 is 5.19. The molecule has 0 spiro atoms. The Hall–Kier alpha value is -1.42. The number of nitrogens with one attached hydrogen (secondary N) is 1. The van der Waals surface area contributed by atoms with E-state index in [2.05, 4.69) is 29.3 Å². The quantitative estimate of drug-likeness (QED) is 0.768. The van der Waals surface area contributed by atoms with E-state index in [1.54, 1.807) is 0 Å². The van der Waals surface area contributed by atoms with Gasteiger partial charge in [-0.1, -0.05) is 19.1 Å². The number of aromatic nitrogens is 2. The van der Waals surface area contributed by atoms with E-state index in [0.717, 1.165) is 12.0 Å². The summed E-state index contributed by atoms with van der Waals surface area (Å²) >= 11 is 4.80. The minimum Gasteiger partial charge on any atom is -0.409 e. The van der Waals surface area contributed by atoms with Gasteiger partial charge < -0.3 is 4.42 Å². The van der Waals surface area contributed by atoms with Crippen molar-refractivity contribution in [2.24, 2.45) is 0 Å². The van der Waals surface area contributed by atoms with E-state index in [-0.39, 0.29) is 0 Å². The van der Waals surface area contributed by atoms with E-state index in [1.165, 1.54) is 5.56 Å². The molecule has 0 bridgehead atoms. The largest absolute Gasteiger partial charge is 0.409 e. The number of H-pyrrole nitrogens is 1. The van der Waals surface area contributed by atoms with E-state index < -0.39 is 0 Å². The van der Waals surface area contributed by atoms with Gasteiger partial charge in [-0.3, -0.25) is 0 Å². The molecule has 1 heterocycles. The summed E-state index contributed by atoms with van der Waals surface area (Å²) in [5.41, 5.74) is 2.23. The second-order valence-electron chi connectivity index (χ2n) is 2.97. The Balaban J connectivity index is 2.38. The van der Waals surface area contributed by atoms with Crippen molar-refractivity contribution >= 4 is 12.2 Å². The molecule has 1 N–H and O–H groups in total. The summed E-state index contributed by atoms with van der Waals surface area (Å²) in [6.45, 7) is 2.12. The Labute approximate surface area is 86.8 Å². The van der Waals surface area contributed by atoms with Crippen LogP contribution in [0.25, 0.3) is 11.5 Å². The third-order valence-electron chi connectivity index (χ3n) is 2.05. The van der Waals surface area contributed by atoms with Crippen LogP contribution in [0.2, 0.25) is 0 Å². The summed E-state index contributed by atoms with van der Waals surface area (Å²) in [5, 5.41) is 6.54. The molecule has 0 aliphatic heterocycles. The van der Waals surface area contributed by atoms with Crippen molar-refractivity contribution in [1.82, 2.24) is 10.2 Å². The fourth-order valence-corrected chi connectivity index (χ4v) is 1.36. The van der Waals surface area contributed by atoms with Crippen molar-refractivity contribution in [3.05, 3.63) is 34.7 Å². The highest BCUT2D eigenvalue weighted by molar-refractivity contribution is 7.71. The second kappa shape index (κ2) is 3.75. The van der Waals surface area contributed by atoms with Crippen LogP contribution in [-0.4, -0.2) is 10.2 Å².